The molecular formula is C18H15FN4O3. The van der Waals surface area contributed by atoms with Crippen molar-refractivity contribution < 1.29 is 19.1 Å². The Bertz CT molecular complexity index is 1050. The number of amides is 1. The van der Waals surface area contributed by atoms with Crippen molar-refractivity contribution in [1.29, 1.82) is 0 Å². The smallest absolute Gasteiger partial charge is 0.326 e. The molecule has 3 aromatic rings. The van der Waals surface area contributed by atoms with E-state index < -0.39 is 23.7 Å². The number of halogens is 1. The van der Waals surface area contributed by atoms with Gasteiger partial charge in [0.2, 0.25) is 0 Å². The van der Waals surface area contributed by atoms with Crippen molar-refractivity contribution >= 4 is 23.0 Å². The number of aliphatic carboxylic acids is 1. The number of fused-ring (bicyclic) bond motifs is 2. The molecule has 1 amide bonds. The molecule has 0 fully saturated rings. The molecule has 8 heteroatoms. The van der Waals surface area contributed by atoms with Crippen LogP contribution in [-0.4, -0.2) is 42.5 Å². The van der Waals surface area contributed by atoms with Gasteiger partial charge in [-0.3, -0.25) is 4.79 Å². The number of carboxylic acids is 1. The summed E-state index contributed by atoms with van der Waals surface area (Å²) in [5.74, 6) is -2.08. The summed E-state index contributed by atoms with van der Waals surface area (Å²) < 4.78 is 15.7. The minimum absolute atomic E-state index is 0.0273. The van der Waals surface area contributed by atoms with E-state index in [9.17, 15) is 19.1 Å². The molecule has 0 saturated carbocycles. The molecule has 7 nitrogen and oxygen atoms in total. The van der Waals surface area contributed by atoms with E-state index in [0.29, 0.717) is 22.3 Å². The molecular weight excluding hydrogens is 339 g/mol. The third-order valence-corrected chi connectivity index (χ3v) is 4.71. The number of benzene rings is 1. The van der Waals surface area contributed by atoms with Crippen molar-refractivity contribution in [3.05, 3.63) is 59.3 Å². The number of carboxylic acid groups (broad SMARTS) is 1. The minimum Gasteiger partial charge on any atom is -0.480 e. The van der Waals surface area contributed by atoms with Crippen LogP contribution in [0.2, 0.25) is 0 Å². The first kappa shape index (κ1) is 16.2. The zero-order chi connectivity index (χ0) is 18.4. The largest absolute Gasteiger partial charge is 0.480 e. The highest BCUT2D eigenvalue weighted by molar-refractivity contribution is 6.05. The molecule has 0 saturated heterocycles. The summed E-state index contributed by atoms with van der Waals surface area (Å²) in [6, 6.07) is 4.95. The van der Waals surface area contributed by atoms with Crippen molar-refractivity contribution in [2.24, 2.45) is 7.05 Å². The van der Waals surface area contributed by atoms with E-state index in [1.54, 1.807) is 30.1 Å². The second-order valence-corrected chi connectivity index (χ2v) is 6.25. The van der Waals surface area contributed by atoms with E-state index in [1.807, 2.05) is 0 Å². The van der Waals surface area contributed by atoms with Crippen LogP contribution in [0.3, 0.4) is 0 Å². The summed E-state index contributed by atoms with van der Waals surface area (Å²) >= 11 is 0. The maximum absolute atomic E-state index is 14.1. The van der Waals surface area contributed by atoms with E-state index in [1.165, 1.54) is 23.2 Å². The molecule has 0 radical (unpaired) electrons. The van der Waals surface area contributed by atoms with Crippen LogP contribution in [0.25, 0.3) is 11.2 Å². The summed E-state index contributed by atoms with van der Waals surface area (Å²) in [6.45, 7) is 0.0273. The number of hydrogen-bond acceptors (Lipinski definition) is 4. The predicted molar refractivity (Wildman–Crippen MR) is 89.9 cm³/mol. The average Bonchev–Trinajstić information content (AvgIpc) is 3.02. The zero-order valence-electron chi connectivity index (χ0n) is 13.9. The van der Waals surface area contributed by atoms with Crippen molar-refractivity contribution in [1.82, 2.24) is 19.4 Å². The van der Waals surface area contributed by atoms with Crippen LogP contribution >= 0.6 is 0 Å². The Labute approximate surface area is 147 Å². The number of rotatable bonds is 2. The van der Waals surface area contributed by atoms with E-state index in [-0.39, 0.29) is 18.5 Å². The molecule has 1 aliphatic heterocycles. The molecule has 1 N–H and O–H groups in total. The third kappa shape index (κ3) is 2.42. The lowest BCUT2D eigenvalue weighted by Gasteiger charge is -2.34. The Hall–Kier alpha value is -3.29. The highest BCUT2D eigenvalue weighted by Crippen LogP contribution is 2.28. The summed E-state index contributed by atoms with van der Waals surface area (Å²) in [7, 11) is 1.76. The second-order valence-electron chi connectivity index (χ2n) is 6.25. The molecule has 1 aliphatic rings. The van der Waals surface area contributed by atoms with Crippen LogP contribution in [-0.2, 0) is 24.8 Å². The molecule has 132 valence electrons. The van der Waals surface area contributed by atoms with Gasteiger partial charge in [0.1, 0.15) is 17.4 Å². The van der Waals surface area contributed by atoms with Crippen molar-refractivity contribution in [2.75, 3.05) is 0 Å². The van der Waals surface area contributed by atoms with Gasteiger partial charge in [-0.05, 0) is 23.3 Å². The molecule has 0 aliphatic carbocycles. The van der Waals surface area contributed by atoms with Gasteiger partial charge >= 0.3 is 5.97 Å². The molecule has 0 bridgehead atoms. The first-order chi connectivity index (χ1) is 12.5. The lowest BCUT2D eigenvalue weighted by atomic mass is 9.92. The number of pyridine rings is 1. The Morgan fingerprint density at radius 3 is 2.85 bits per heavy atom. The molecule has 1 atom stereocenters. The lowest BCUT2D eigenvalue weighted by molar-refractivity contribution is -0.142. The fourth-order valence-electron chi connectivity index (χ4n) is 3.37. The minimum atomic E-state index is -1.17. The summed E-state index contributed by atoms with van der Waals surface area (Å²) in [6.07, 6.45) is 2.97. The van der Waals surface area contributed by atoms with E-state index >= 15 is 0 Å². The Morgan fingerprint density at radius 2 is 2.08 bits per heavy atom. The fraction of sp³-hybridized carbons (Fsp3) is 0.222. The molecule has 1 unspecified atom stereocenters. The van der Waals surface area contributed by atoms with Gasteiger partial charge in [0.05, 0.1) is 11.9 Å². The topological polar surface area (TPSA) is 88.3 Å². The predicted octanol–water partition coefficient (Wildman–Crippen LogP) is 1.76. The van der Waals surface area contributed by atoms with Crippen LogP contribution in [0.1, 0.15) is 21.5 Å². The second kappa shape index (κ2) is 5.91. The van der Waals surface area contributed by atoms with Crippen LogP contribution in [0, 0.1) is 5.82 Å². The van der Waals surface area contributed by atoms with Crippen molar-refractivity contribution in [3.8, 4) is 0 Å². The van der Waals surface area contributed by atoms with Crippen LogP contribution in [0.4, 0.5) is 4.39 Å². The van der Waals surface area contributed by atoms with Gasteiger partial charge in [0, 0.05) is 26.2 Å². The summed E-state index contributed by atoms with van der Waals surface area (Å²) in [4.78, 5) is 34.5. The Kier molecular flexibility index (Phi) is 3.68. The highest BCUT2D eigenvalue weighted by Gasteiger charge is 2.37. The van der Waals surface area contributed by atoms with Crippen LogP contribution < -0.4 is 0 Å². The lowest BCUT2D eigenvalue weighted by Crippen LogP contribution is -2.49. The SMILES string of the molecule is Cn1cnc2c(C(=O)N3Cc4cccc(F)c4CC3C(=O)O)ccnc21. The maximum atomic E-state index is 14.1. The van der Waals surface area contributed by atoms with Crippen LogP contribution in [0.5, 0.6) is 0 Å². The fourth-order valence-corrected chi connectivity index (χ4v) is 3.37. The van der Waals surface area contributed by atoms with E-state index in [0.717, 1.165) is 0 Å². The number of aromatic nitrogens is 3. The van der Waals surface area contributed by atoms with Crippen molar-refractivity contribution in [2.45, 2.75) is 19.0 Å². The molecule has 0 spiro atoms. The van der Waals surface area contributed by atoms with Gasteiger partial charge in [0.25, 0.3) is 5.91 Å². The van der Waals surface area contributed by atoms with Gasteiger partial charge in [-0.15, -0.1) is 0 Å². The monoisotopic (exact) mass is 354 g/mol. The Balaban J connectivity index is 1.79. The first-order valence-corrected chi connectivity index (χ1v) is 8.03. The zero-order valence-corrected chi connectivity index (χ0v) is 13.9. The number of imidazole rings is 1. The first-order valence-electron chi connectivity index (χ1n) is 8.03. The maximum Gasteiger partial charge on any atom is 0.326 e. The van der Waals surface area contributed by atoms with Gasteiger partial charge in [-0.2, -0.15) is 0 Å². The van der Waals surface area contributed by atoms with Gasteiger partial charge < -0.3 is 14.6 Å². The normalized spacial score (nSPS) is 16.5. The highest BCUT2D eigenvalue weighted by atomic mass is 19.1. The summed E-state index contributed by atoms with van der Waals surface area (Å²) in [5, 5.41) is 9.59. The number of carbonyl (C=O) groups is 2. The standard InChI is InChI=1S/C18H15FN4O3/c1-22-9-21-15-11(5-6-20-16(15)22)17(24)23-8-10-3-2-4-13(19)12(10)7-14(23)18(25)26/h2-6,9,14H,7-8H2,1H3,(H,25,26). The molecule has 26 heavy (non-hydrogen) atoms. The number of hydrogen-bond donors (Lipinski definition) is 1. The molecule has 2 aromatic heterocycles. The number of nitrogens with zero attached hydrogens (tertiary/aromatic N) is 4. The Morgan fingerprint density at radius 1 is 1.27 bits per heavy atom. The van der Waals surface area contributed by atoms with Gasteiger partial charge in [-0.1, -0.05) is 12.1 Å². The van der Waals surface area contributed by atoms with Crippen LogP contribution in [0.15, 0.2) is 36.8 Å². The molecule has 3 heterocycles. The number of carbonyl (C=O) groups excluding carboxylic acids is 1. The summed E-state index contributed by atoms with van der Waals surface area (Å²) in [5.41, 5.74) is 2.19. The average molecular weight is 354 g/mol. The van der Waals surface area contributed by atoms with Crippen molar-refractivity contribution in [3.63, 3.8) is 0 Å². The van der Waals surface area contributed by atoms with E-state index in [2.05, 4.69) is 9.97 Å². The van der Waals surface area contributed by atoms with Gasteiger partial charge in [0.15, 0.2) is 5.65 Å². The van der Waals surface area contributed by atoms with E-state index in [4.69, 9.17) is 0 Å². The van der Waals surface area contributed by atoms with Gasteiger partial charge in [-0.25, -0.2) is 19.2 Å². The quantitative estimate of drug-likeness (QED) is 0.758. The molecule has 1 aromatic carbocycles. The molecule has 4 rings (SSSR count). The third-order valence-electron chi connectivity index (χ3n) is 4.71. The number of aryl methyl sites for hydroxylation is 1.